The number of benzene rings is 3. The summed E-state index contributed by atoms with van der Waals surface area (Å²) in [4.78, 5) is 4.81. The normalized spacial score (nSPS) is 10.7. The second-order valence-corrected chi connectivity index (χ2v) is 5.93. The van der Waals surface area contributed by atoms with Crippen molar-refractivity contribution in [3.63, 3.8) is 0 Å². The van der Waals surface area contributed by atoms with Crippen LogP contribution < -0.4 is 5.32 Å². The van der Waals surface area contributed by atoms with E-state index in [2.05, 4.69) is 60.8 Å². The van der Waals surface area contributed by atoms with Crippen LogP contribution in [0.2, 0.25) is 0 Å². The predicted octanol–water partition coefficient (Wildman–Crippen LogP) is 5.95. The number of anilines is 2. The minimum absolute atomic E-state index is 0.859. The van der Waals surface area contributed by atoms with Crippen LogP contribution in [0, 0.1) is 6.92 Å². The zero-order valence-electron chi connectivity index (χ0n) is 13.5. The first kappa shape index (κ1) is 14.5. The number of fused-ring (bicyclic) bond motifs is 1. The summed E-state index contributed by atoms with van der Waals surface area (Å²) in [6.45, 7) is 2.10. The zero-order valence-corrected chi connectivity index (χ0v) is 13.5. The lowest BCUT2D eigenvalue weighted by atomic mass is 10.00. The Kier molecular flexibility index (Phi) is 3.72. The van der Waals surface area contributed by atoms with Crippen molar-refractivity contribution in [1.82, 2.24) is 4.98 Å². The largest absolute Gasteiger partial charge is 0.340 e. The number of hydrogen-bond acceptors (Lipinski definition) is 2. The van der Waals surface area contributed by atoms with Crippen LogP contribution in [-0.2, 0) is 0 Å². The smallest absolute Gasteiger partial charge is 0.131 e. The molecule has 24 heavy (non-hydrogen) atoms. The van der Waals surface area contributed by atoms with Crippen LogP contribution in [-0.4, -0.2) is 4.98 Å². The van der Waals surface area contributed by atoms with Gasteiger partial charge in [-0.2, -0.15) is 0 Å². The number of rotatable bonds is 3. The van der Waals surface area contributed by atoms with Crippen LogP contribution in [0.1, 0.15) is 5.56 Å². The summed E-state index contributed by atoms with van der Waals surface area (Å²) in [5, 5.41) is 4.59. The van der Waals surface area contributed by atoms with Gasteiger partial charge in [0.05, 0.1) is 5.52 Å². The standard InChI is InChI=1S/C22H18N2/c1-16-12-13-19-20(17-8-4-2-5-9-17)15-22(24-21(19)14-16)23-18-10-6-3-7-11-18/h2-15H,1H3,(H,23,24). The van der Waals surface area contributed by atoms with Gasteiger partial charge < -0.3 is 5.32 Å². The van der Waals surface area contributed by atoms with Crippen LogP contribution in [0.4, 0.5) is 11.5 Å². The number of nitrogens with one attached hydrogen (secondary N) is 1. The molecule has 0 amide bonds. The molecule has 0 saturated carbocycles. The van der Waals surface area contributed by atoms with Crippen LogP contribution in [0.15, 0.2) is 84.9 Å². The van der Waals surface area contributed by atoms with E-state index in [1.54, 1.807) is 0 Å². The molecule has 2 nitrogen and oxygen atoms in total. The van der Waals surface area contributed by atoms with Gasteiger partial charge in [0.25, 0.3) is 0 Å². The molecule has 0 saturated heterocycles. The molecule has 1 N–H and O–H groups in total. The Balaban J connectivity index is 1.89. The number of pyridine rings is 1. The SMILES string of the molecule is Cc1ccc2c(-c3ccccc3)cc(Nc3ccccc3)nc2c1. The van der Waals surface area contributed by atoms with Crippen molar-refractivity contribution in [3.8, 4) is 11.1 Å². The average molecular weight is 310 g/mol. The van der Waals surface area contributed by atoms with Crippen molar-refractivity contribution in [2.24, 2.45) is 0 Å². The second-order valence-electron chi connectivity index (χ2n) is 5.93. The quantitative estimate of drug-likeness (QED) is 0.505. The summed E-state index contributed by atoms with van der Waals surface area (Å²) in [6, 6.07) is 29.2. The van der Waals surface area contributed by atoms with Crippen molar-refractivity contribution in [2.45, 2.75) is 6.92 Å². The van der Waals surface area contributed by atoms with Crippen LogP contribution in [0.3, 0.4) is 0 Å². The molecule has 116 valence electrons. The van der Waals surface area contributed by atoms with Gasteiger partial charge in [-0.1, -0.05) is 60.7 Å². The molecule has 0 unspecified atom stereocenters. The van der Waals surface area contributed by atoms with E-state index in [0.29, 0.717) is 0 Å². The van der Waals surface area contributed by atoms with Crippen molar-refractivity contribution >= 4 is 22.4 Å². The van der Waals surface area contributed by atoms with Crippen molar-refractivity contribution < 1.29 is 0 Å². The van der Waals surface area contributed by atoms with Gasteiger partial charge in [-0.3, -0.25) is 0 Å². The Hall–Kier alpha value is -3.13. The monoisotopic (exact) mass is 310 g/mol. The summed E-state index contributed by atoms with van der Waals surface area (Å²) in [5.74, 6) is 0.859. The zero-order chi connectivity index (χ0) is 16.4. The lowest BCUT2D eigenvalue weighted by Gasteiger charge is -2.12. The molecule has 4 aromatic rings. The maximum atomic E-state index is 4.81. The van der Waals surface area contributed by atoms with E-state index < -0.39 is 0 Å². The summed E-state index contributed by atoms with van der Waals surface area (Å²) >= 11 is 0. The highest BCUT2D eigenvalue weighted by Crippen LogP contribution is 2.31. The van der Waals surface area contributed by atoms with Gasteiger partial charge in [-0.15, -0.1) is 0 Å². The fraction of sp³-hybridized carbons (Fsp3) is 0.0455. The maximum absolute atomic E-state index is 4.81. The van der Waals surface area contributed by atoms with Gasteiger partial charge >= 0.3 is 0 Å². The molecular formula is C22H18N2. The molecule has 1 heterocycles. The highest BCUT2D eigenvalue weighted by molar-refractivity contribution is 5.96. The Morgan fingerprint density at radius 1 is 0.750 bits per heavy atom. The Labute approximate surface area is 141 Å². The number of hydrogen-bond donors (Lipinski definition) is 1. The fourth-order valence-corrected chi connectivity index (χ4v) is 2.93. The van der Waals surface area contributed by atoms with E-state index in [4.69, 9.17) is 4.98 Å². The van der Waals surface area contributed by atoms with E-state index in [9.17, 15) is 0 Å². The molecule has 0 fully saturated rings. The van der Waals surface area contributed by atoms with Gasteiger partial charge in [-0.25, -0.2) is 4.98 Å². The molecule has 0 aliphatic heterocycles. The van der Waals surface area contributed by atoms with Gasteiger partial charge in [-0.05, 0) is 47.9 Å². The van der Waals surface area contributed by atoms with E-state index in [0.717, 1.165) is 17.0 Å². The fourth-order valence-electron chi connectivity index (χ4n) is 2.93. The highest BCUT2D eigenvalue weighted by Gasteiger charge is 2.08. The van der Waals surface area contributed by atoms with Crippen molar-refractivity contribution in [2.75, 3.05) is 5.32 Å². The molecule has 4 rings (SSSR count). The second kappa shape index (κ2) is 6.17. The topological polar surface area (TPSA) is 24.9 Å². The Morgan fingerprint density at radius 3 is 2.21 bits per heavy atom. The lowest BCUT2D eigenvalue weighted by Crippen LogP contribution is -1.95. The summed E-state index contributed by atoms with van der Waals surface area (Å²) in [7, 11) is 0. The number of para-hydroxylation sites is 1. The minimum atomic E-state index is 0.859. The van der Waals surface area contributed by atoms with E-state index >= 15 is 0 Å². The molecule has 3 aromatic carbocycles. The first-order chi connectivity index (χ1) is 11.8. The van der Waals surface area contributed by atoms with Crippen LogP contribution in [0.25, 0.3) is 22.0 Å². The lowest BCUT2D eigenvalue weighted by molar-refractivity contribution is 1.36. The molecule has 0 aliphatic carbocycles. The molecule has 2 heteroatoms. The van der Waals surface area contributed by atoms with Crippen LogP contribution >= 0.6 is 0 Å². The third-order valence-corrected chi connectivity index (χ3v) is 4.10. The number of aryl methyl sites for hydroxylation is 1. The van der Waals surface area contributed by atoms with Crippen LogP contribution in [0.5, 0.6) is 0 Å². The molecule has 0 bridgehead atoms. The maximum Gasteiger partial charge on any atom is 0.131 e. The Morgan fingerprint density at radius 2 is 1.46 bits per heavy atom. The summed E-state index contributed by atoms with van der Waals surface area (Å²) in [6.07, 6.45) is 0. The van der Waals surface area contributed by atoms with Gasteiger partial charge in [0.2, 0.25) is 0 Å². The molecule has 1 aromatic heterocycles. The Bertz CT molecular complexity index is 977. The van der Waals surface area contributed by atoms with Gasteiger partial charge in [0, 0.05) is 11.1 Å². The molecular weight excluding hydrogens is 292 g/mol. The summed E-state index contributed by atoms with van der Waals surface area (Å²) < 4.78 is 0. The molecule has 0 radical (unpaired) electrons. The van der Waals surface area contributed by atoms with Crippen molar-refractivity contribution in [1.29, 1.82) is 0 Å². The number of aromatic nitrogens is 1. The van der Waals surface area contributed by atoms with E-state index in [-0.39, 0.29) is 0 Å². The third kappa shape index (κ3) is 2.86. The number of nitrogens with zero attached hydrogens (tertiary/aromatic N) is 1. The first-order valence-corrected chi connectivity index (χ1v) is 8.08. The first-order valence-electron chi connectivity index (χ1n) is 8.08. The van der Waals surface area contributed by atoms with E-state index in [1.165, 1.54) is 22.1 Å². The third-order valence-electron chi connectivity index (χ3n) is 4.10. The van der Waals surface area contributed by atoms with E-state index in [1.807, 2.05) is 36.4 Å². The minimum Gasteiger partial charge on any atom is -0.340 e. The van der Waals surface area contributed by atoms with Gasteiger partial charge in [0.1, 0.15) is 5.82 Å². The van der Waals surface area contributed by atoms with Crippen molar-refractivity contribution in [3.05, 3.63) is 90.5 Å². The predicted molar refractivity (Wildman–Crippen MR) is 102 cm³/mol. The van der Waals surface area contributed by atoms with Gasteiger partial charge in [0.15, 0.2) is 0 Å². The summed E-state index contributed by atoms with van der Waals surface area (Å²) in [5.41, 5.74) is 5.65. The molecule has 0 aliphatic rings. The highest BCUT2D eigenvalue weighted by atomic mass is 15.0. The average Bonchev–Trinajstić information content (AvgIpc) is 2.62. The molecule has 0 spiro atoms. The molecule has 0 atom stereocenters.